The molecule has 3 aromatic rings. The first kappa shape index (κ1) is 29.8. The van der Waals surface area contributed by atoms with Crippen molar-refractivity contribution < 1.29 is 9.53 Å². The predicted octanol–water partition coefficient (Wildman–Crippen LogP) is 5.05. The van der Waals surface area contributed by atoms with Gasteiger partial charge in [0.1, 0.15) is 5.56 Å². The third-order valence-electron chi connectivity index (χ3n) is 3.64. The number of fused-ring (bicyclic) bond motifs is 1. The number of hydrogen-bond acceptors (Lipinski definition) is 4. The number of allylic oxidation sites excluding steroid dienone is 1. The molecule has 0 aliphatic rings. The molecule has 0 radical (unpaired) electrons. The molecule has 1 heterocycles. The van der Waals surface area contributed by atoms with Crippen LogP contribution in [0, 0.1) is 0 Å². The maximum absolute atomic E-state index is 12.2. The van der Waals surface area contributed by atoms with Gasteiger partial charge >= 0.3 is 0 Å². The van der Waals surface area contributed by atoms with Crippen LogP contribution in [0.2, 0.25) is 0 Å². The number of benzene rings is 2. The molecule has 0 fully saturated rings. The van der Waals surface area contributed by atoms with E-state index in [-0.39, 0.29) is 5.56 Å². The number of aromatic amines is 1. The van der Waals surface area contributed by atoms with Crippen molar-refractivity contribution in [1.29, 1.82) is 0 Å². The minimum Gasteiger partial charge on any atom is -0.375 e. The highest BCUT2D eigenvalue weighted by molar-refractivity contribution is 5.97. The van der Waals surface area contributed by atoms with Crippen molar-refractivity contribution in [2.75, 3.05) is 19.7 Å². The Morgan fingerprint density at radius 2 is 1.64 bits per heavy atom. The van der Waals surface area contributed by atoms with E-state index < -0.39 is 11.5 Å². The Labute approximate surface area is 197 Å². The van der Waals surface area contributed by atoms with Crippen LogP contribution in [0.4, 0.5) is 0 Å². The van der Waals surface area contributed by atoms with Gasteiger partial charge in [0.25, 0.3) is 11.5 Å². The first-order valence-corrected chi connectivity index (χ1v) is 11.3. The molecular weight excluding hydrogens is 414 g/mol. The fraction of sp³-hybridized carbons (Fsp3) is 0.333. The molecule has 1 aromatic heterocycles. The van der Waals surface area contributed by atoms with Crippen LogP contribution >= 0.6 is 0 Å². The van der Waals surface area contributed by atoms with Crippen molar-refractivity contribution in [3.8, 4) is 0 Å². The molecule has 0 spiro atoms. The van der Waals surface area contributed by atoms with Crippen molar-refractivity contribution in [2.24, 2.45) is 5.73 Å². The quantitative estimate of drug-likeness (QED) is 0.359. The van der Waals surface area contributed by atoms with Crippen LogP contribution in [0.3, 0.4) is 0 Å². The van der Waals surface area contributed by atoms with Crippen molar-refractivity contribution in [2.45, 2.75) is 40.7 Å². The Hall–Kier alpha value is -3.22. The number of rotatable bonds is 6. The lowest BCUT2D eigenvalue weighted by atomic mass is 10.1. The van der Waals surface area contributed by atoms with Crippen molar-refractivity contribution >= 4 is 16.8 Å². The molecular formula is C27H39N3O3. The standard InChI is InChI=1S/C19H18N2O3.C3H8.C3H6.C2H7N/c22-18(20-10-11-24-13-14-6-2-1-3-7-14)16-12-15-8-4-5-9-17(15)21-19(16)23;2*1-3-2;1-2-3/h1-9,12H,10-11,13H2,(H,20,22)(H,21,23);3H2,1-2H3;3H,1H2,2H3;2-3H2,1H3. The van der Waals surface area contributed by atoms with Crippen LogP contribution in [0.25, 0.3) is 10.9 Å². The molecule has 4 N–H and O–H groups in total. The van der Waals surface area contributed by atoms with E-state index in [0.29, 0.717) is 25.3 Å². The summed E-state index contributed by atoms with van der Waals surface area (Å²) >= 11 is 0. The summed E-state index contributed by atoms with van der Waals surface area (Å²) in [5.41, 5.74) is 6.35. The summed E-state index contributed by atoms with van der Waals surface area (Å²) in [7, 11) is 0. The second-order valence-corrected chi connectivity index (χ2v) is 6.92. The molecule has 2 aromatic carbocycles. The summed E-state index contributed by atoms with van der Waals surface area (Å²) in [6.07, 6.45) is 3.00. The first-order chi connectivity index (χ1) is 16.0. The summed E-state index contributed by atoms with van der Waals surface area (Å²) in [4.78, 5) is 26.9. The smallest absolute Gasteiger partial charge is 0.261 e. The molecule has 33 heavy (non-hydrogen) atoms. The zero-order valence-corrected chi connectivity index (χ0v) is 20.4. The summed E-state index contributed by atoms with van der Waals surface area (Å²) in [6, 6.07) is 18.8. The maximum atomic E-state index is 12.2. The van der Waals surface area contributed by atoms with Crippen molar-refractivity contribution in [3.05, 3.63) is 94.8 Å². The zero-order chi connectivity index (χ0) is 24.9. The van der Waals surface area contributed by atoms with E-state index >= 15 is 0 Å². The molecule has 6 nitrogen and oxygen atoms in total. The number of nitrogens with one attached hydrogen (secondary N) is 2. The van der Waals surface area contributed by atoms with E-state index in [1.165, 1.54) is 6.42 Å². The molecule has 0 aliphatic heterocycles. The molecule has 0 atom stereocenters. The monoisotopic (exact) mass is 453 g/mol. The molecule has 0 unspecified atom stereocenters. The van der Waals surface area contributed by atoms with Gasteiger partial charge in [-0.2, -0.15) is 0 Å². The average molecular weight is 454 g/mol. The largest absolute Gasteiger partial charge is 0.375 e. The number of nitrogens with two attached hydrogens (primary N) is 1. The Bertz CT molecular complexity index is 967. The van der Waals surface area contributed by atoms with Gasteiger partial charge in [0.15, 0.2) is 0 Å². The maximum Gasteiger partial charge on any atom is 0.261 e. The fourth-order valence-electron chi connectivity index (χ4n) is 2.41. The SMILES string of the molecule is C=CC.CCC.CCN.O=C(NCCOCc1ccccc1)c1cc2ccccc2[nH]c1=O. The lowest BCUT2D eigenvalue weighted by Gasteiger charge is -2.07. The fourth-order valence-corrected chi connectivity index (χ4v) is 2.41. The van der Waals surface area contributed by atoms with Crippen LogP contribution in [0.5, 0.6) is 0 Å². The highest BCUT2D eigenvalue weighted by Crippen LogP contribution is 2.09. The zero-order valence-electron chi connectivity index (χ0n) is 20.4. The van der Waals surface area contributed by atoms with Gasteiger partial charge in [-0.15, -0.1) is 6.58 Å². The van der Waals surface area contributed by atoms with Gasteiger partial charge < -0.3 is 20.8 Å². The lowest BCUT2D eigenvalue weighted by Crippen LogP contribution is -2.31. The van der Waals surface area contributed by atoms with Crippen molar-refractivity contribution in [3.63, 3.8) is 0 Å². The van der Waals surface area contributed by atoms with E-state index in [4.69, 9.17) is 10.5 Å². The molecule has 0 saturated carbocycles. The van der Waals surface area contributed by atoms with Gasteiger partial charge in [0.05, 0.1) is 13.2 Å². The molecule has 6 heteroatoms. The molecule has 1 amide bonds. The molecule has 0 saturated heterocycles. The van der Waals surface area contributed by atoms with Gasteiger partial charge in [-0.25, -0.2) is 0 Å². The Morgan fingerprint density at radius 1 is 1.09 bits per heavy atom. The Morgan fingerprint density at radius 3 is 2.24 bits per heavy atom. The van der Waals surface area contributed by atoms with E-state index in [0.717, 1.165) is 17.5 Å². The summed E-state index contributed by atoms with van der Waals surface area (Å²) in [5, 5.41) is 3.53. The molecule has 0 bridgehead atoms. The normalized spacial score (nSPS) is 9.24. The van der Waals surface area contributed by atoms with E-state index in [1.54, 1.807) is 18.2 Å². The molecule has 3 rings (SSSR count). The minimum atomic E-state index is -0.398. The number of amides is 1. The van der Waals surface area contributed by atoms with Crippen molar-refractivity contribution in [1.82, 2.24) is 10.3 Å². The number of hydrogen-bond donors (Lipinski definition) is 3. The van der Waals surface area contributed by atoms with E-state index in [1.807, 2.05) is 62.4 Å². The van der Waals surface area contributed by atoms with Gasteiger partial charge in [-0.3, -0.25) is 9.59 Å². The summed E-state index contributed by atoms with van der Waals surface area (Å²) in [5.74, 6) is -0.398. The minimum absolute atomic E-state index is 0.108. The van der Waals surface area contributed by atoms with E-state index in [9.17, 15) is 9.59 Å². The Kier molecular flexibility index (Phi) is 17.6. The molecule has 0 aliphatic carbocycles. The number of carbonyl (C=O) groups is 1. The first-order valence-electron chi connectivity index (χ1n) is 11.3. The number of carbonyl (C=O) groups excluding carboxylic acids is 1. The second kappa shape index (κ2) is 19.5. The number of H-pyrrole nitrogens is 1. The van der Waals surface area contributed by atoms with Crippen LogP contribution in [0.1, 0.15) is 50.0 Å². The number of pyridine rings is 1. The highest BCUT2D eigenvalue weighted by atomic mass is 16.5. The summed E-state index contributed by atoms with van der Waals surface area (Å²) in [6.45, 7) is 13.4. The lowest BCUT2D eigenvalue weighted by molar-refractivity contribution is 0.0899. The topological polar surface area (TPSA) is 97.2 Å². The molecule has 180 valence electrons. The van der Waals surface area contributed by atoms with Gasteiger partial charge in [-0.1, -0.05) is 81.8 Å². The van der Waals surface area contributed by atoms with Crippen LogP contribution < -0.4 is 16.6 Å². The second-order valence-electron chi connectivity index (χ2n) is 6.92. The predicted molar refractivity (Wildman–Crippen MR) is 140 cm³/mol. The highest BCUT2D eigenvalue weighted by Gasteiger charge is 2.11. The van der Waals surface area contributed by atoms with E-state index in [2.05, 4.69) is 30.7 Å². The average Bonchev–Trinajstić information content (AvgIpc) is 2.80. The number of ether oxygens (including phenoxy) is 1. The Balaban J connectivity index is 0.000000988. The van der Waals surface area contributed by atoms with Gasteiger partial charge in [0.2, 0.25) is 0 Å². The van der Waals surface area contributed by atoms with Crippen LogP contribution in [-0.2, 0) is 11.3 Å². The third kappa shape index (κ3) is 13.0. The van der Waals surface area contributed by atoms with Gasteiger partial charge in [0, 0.05) is 12.1 Å². The van der Waals surface area contributed by atoms with Crippen LogP contribution in [-0.4, -0.2) is 30.6 Å². The van der Waals surface area contributed by atoms with Crippen LogP contribution in [0.15, 0.2) is 78.1 Å². The van der Waals surface area contributed by atoms with Gasteiger partial charge in [-0.05, 0) is 36.6 Å². The summed E-state index contributed by atoms with van der Waals surface area (Å²) < 4.78 is 5.51. The third-order valence-corrected chi connectivity index (χ3v) is 3.64. The number of aromatic nitrogens is 1. The number of para-hydroxylation sites is 1.